The van der Waals surface area contributed by atoms with Crippen LogP contribution in [-0.2, 0) is 6.54 Å². The molecule has 1 saturated heterocycles. The molecule has 1 aliphatic rings. The minimum Gasteiger partial charge on any atom is -0.334 e. The van der Waals surface area contributed by atoms with Gasteiger partial charge in [0.25, 0.3) is 5.89 Å². The van der Waals surface area contributed by atoms with Gasteiger partial charge in [-0.15, -0.1) is 0 Å². The summed E-state index contributed by atoms with van der Waals surface area (Å²) >= 11 is 0. The second-order valence-electron chi connectivity index (χ2n) is 5.80. The van der Waals surface area contributed by atoms with Crippen molar-refractivity contribution >= 4 is 0 Å². The highest BCUT2D eigenvalue weighted by molar-refractivity contribution is 5.53. The van der Waals surface area contributed by atoms with Crippen molar-refractivity contribution in [2.24, 2.45) is 0 Å². The molecule has 1 N–H and O–H groups in total. The predicted molar refractivity (Wildman–Crippen MR) is 81.8 cm³/mol. The molecule has 0 aliphatic carbocycles. The van der Waals surface area contributed by atoms with Crippen molar-refractivity contribution in [1.82, 2.24) is 20.4 Å². The number of piperidine rings is 1. The average Bonchev–Trinajstić information content (AvgIpc) is 2.97. The number of nitrogens with zero attached hydrogens (tertiary/aromatic N) is 3. The van der Waals surface area contributed by atoms with Crippen LogP contribution in [0, 0.1) is 6.92 Å². The Morgan fingerprint density at radius 1 is 1.43 bits per heavy atom. The van der Waals surface area contributed by atoms with E-state index < -0.39 is 0 Å². The third-order valence-electron chi connectivity index (χ3n) is 4.02. The lowest BCUT2D eigenvalue weighted by atomic mass is 10.1. The maximum atomic E-state index is 5.39. The van der Waals surface area contributed by atoms with Crippen molar-refractivity contribution in [2.45, 2.75) is 32.4 Å². The summed E-state index contributed by atoms with van der Waals surface area (Å²) in [4.78, 5) is 6.82. The summed E-state index contributed by atoms with van der Waals surface area (Å²) in [6, 6.07) is 8.68. The van der Waals surface area contributed by atoms with Crippen molar-refractivity contribution < 1.29 is 4.52 Å². The number of aromatic nitrogens is 2. The van der Waals surface area contributed by atoms with Crippen LogP contribution < -0.4 is 5.32 Å². The zero-order valence-corrected chi connectivity index (χ0v) is 12.7. The molecule has 1 atom stereocenters. The van der Waals surface area contributed by atoms with E-state index in [0.717, 1.165) is 31.0 Å². The van der Waals surface area contributed by atoms with Gasteiger partial charge in [0.2, 0.25) is 0 Å². The monoisotopic (exact) mass is 286 g/mol. The van der Waals surface area contributed by atoms with Crippen molar-refractivity contribution in [2.75, 3.05) is 20.1 Å². The van der Waals surface area contributed by atoms with Gasteiger partial charge in [-0.3, -0.25) is 4.90 Å². The van der Waals surface area contributed by atoms with Gasteiger partial charge in [0.1, 0.15) is 0 Å². The van der Waals surface area contributed by atoms with Crippen molar-refractivity contribution in [3.63, 3.8) is 0 Å². The molecule has 5 nitrogen and oxygen atoms in total. The van der Waals surface area contributed by atoms with E-state index in [1.807, 2.05) is 12.1 Å². The van der Waals surface area contributed by atoms with Crippen LogP contribution in [0.4, 0.5) is 0 Å². The summed E-state index contributed by atoms with van der Waals surface area (Å²) in [5.74, 6) is 1.35. The summed E-state index contributed by atoms with van der Waals surface area (Å²) in [7, 11) is 2.13. The van der Waals surface area contributed by atoms with Gasteiger partial charge in [0, 0.05) is 18.2 Å². The molecule has 2 heterocycles. The molecule has 3 rings (SSSR count). The topological polar surface area (TPSA) is 54.2 Å². The van der Waals surface area contributed by atoms with Gasteiger partial charge in [0.15, 0.2) is 5.82 Å². The Balaban J connectivity index is 1.67. The number of nitrogens with one attached hydrogen (secondary N) is 1. The number of hydrogen-bond donors (Lipinski definition) is 1. The van der Waals surface area contributed by atoms with Gasteiger partial charge in [-0.25, -0.2) is 0 Å². The fraction of sp³-hybridized carbons (Fsp3) is 0.500. The Morgan fingerprint density at radius 2 is 2.33 bits per heavy atom. The first-order chi connectivity index (χ1) is 10.2. The molecule has 0 spiro atoms. The van der Waals surface area contributed by atoms with Crippen LogP contribution in [0.2, 0.25) is 0 Å². The lowest BCUT2D eigenvalue weighted by Crippen LogP contribution is -2.43. The van der Waals surface area contributed by atoms with E-state index in [2.05, 4.69) is 46.5 Å². The van der Waals surface area contributed by atoms with E-state index >= 15 is 0 Å². The summed E-state index contributed by atoms with van der Waals surface area (Å²) < 4.78 is 5.39. The third-order valence-corrected chi connectivity index (χ3v) is 4.02. The molecular formula is C16H22N4O. The molecule has 1 aromatic heterocycles. The highest BCUT2D eigenvalue weighted by atomic mass is 16.5. The molecule has 5 heteroatoms. The highest BCUT2D eigenvalue weighted by Crippen LogP contribution is 2.19. The molecular weight excluding hydrogens is 264 g/mol. The first-order valence-corrected chi connectivity index (χ1v) is 7.53. The molecule has 0 radical (unpaired) electrons. The standard InChI is InChI=1S/C16H22N4O/c1-12-5-3-6-13(9-12)16-18-15(19-21-16)11-20(2)14-7-4-8-17-10-14/h3,5-6,9,14,17H,4,7-8,10-11H2,1-2H3. The van der Waals surface area contributed by atoms with Crippen LogP contribution in [0.3, 0.4) is 0 Å². The van der Waals surface area contributed by atoms with Crippen LogP contribution in [0.5, 0.6) is 0 Å². The molecule has 1 unspecified atom stereocenters. The van der Waals surface area contributed by atoms with Crippen molar-refractivity contribution in [3.8, 4) is 11.5 Å². The molecule has 2 aromatic rings. The van der Waals surface area contributed by atoms with E-state index in [4.69, 9.17) is 4.52 Å². The molecule has 112 valence electrons. The lowest BCUT2D eigenvalue weighted by molar-refractivity contribution is 0.190. The molecule has 0 bridgehead atoms. The Bertz CT molecular complexity index is 589. The van der Waals surface area contributed by atoms with Crippen molar-refractivity contribution in [3.05, 3.63) is 35.7 Å². The Morgan fingerprint density at radius 3 is 3.10 bits per heavy atom. The SMILES string of the molecule is Cc1cccc(-c2nc(CN(C)C3CCCNC3)no2)c1. The fourth-order valence-corrected chi connectivity index (χ4v) is 2.78. The van der Waals surface area contributed by atoms with Crippen LogP contribution in [0.25, 0.3) is 11.5 Å². The van der Waals surface area contributed by atoms with E-state index in [9.17, 15) is 0 Å². The van der Waals surface area contributed by atoms with E-state index in [1.165, 1.54) is 18.4 Å². The Hall–Kier alpha value is -1.72. The van der Waals surface area contributed by atoms with Gasteiger partial charge >= 0.3 is 0 Å². The van der Waals surface area contributed by atoms with Gasteiger partial charge in [0.05, 0.1) is 6.54 Å². The van der Waals surface area contributed by atoms with Gasteiger partial charge in [-0.2, -0.15) is 4.98 Å². The van der Waals surface area contributed by atoms with Crippen LogP contribution in [-0.4, -0.2) is 41.2 Å². The maximum absolute atomic E-state index is 5.39. The van der Waals surface area contributed by atoms with Crippen molar-refractivity contribution in [1.29, 1.82) is 0 Å². The minimum absolute atomic E-state index is 0.555. The summed E-state index contributed by atoms with van der Waals surface area (Å²) in [6.07, 6.45) is 2.46. The first kappa shape index (κ1) is 14.2. The number of rotatable bonds is 4. The Kier molecular flexibility index (Phi) is 4.31. The van der Waals surface area contributed by atoms with Gasteiger partial charge in [-0.05, 0) is 45.5 Å². The second-order valence-corrected chi connectivity index (χ2v) is 5.80. The molecule has 1 aliphatic heterocycles. The third kappa shape index (κ3) is 3.49. The highest BCUT2D eigenvalue weighted by Gasteiger charge is 2.19. The van der Waals surface area contributed by atoms with E-state index in [1.54, 1.807) is 0 Å². The van der Waals surface area contributed by atoms with Crippen LogP contribution in [0.1, 0.15) is 24.2 Å². The largest absolute Gasteiger partial charge is 0.334 e. The van der Waals surface area contributed by atoms with Crippen LogP contribution in [0.15, 0.2) is 28.8 Å². The maximum Gasteiger partial charge on any atom is 0.257 e. The average molecular weight is 286 g/mol. The van der Waals surface area contributed by atoms with Gasteiger partial charge < -0.3 is 9.84 Å². The molecule has 1 aromatic carbocycles. The summed E-state index contributed by atoms with van der Waals surface area (Å²) in [5.41, 5.74) is 2.17. The fourth-order valence-electron chi connectivity index (χ4n) is 2.78. The first-order valence-electron chi connectivity index (χ1n) is 7.53. The zero-order valence-electron chi connectivity index (χ0n) is 12.7. The molecule has 0 amide bonds. The number of hydrogen-bond acceptors (Lipinski definition) is 5. The number of aryl methyl sites for hydroxylation is 1. The predicted octanol–water partition coefficient (Wildman–Crippen LogP) is 2.23. The normalized spacial score (nSPS) is 19.1. The quantitative estimate of drug-likeness (QED) is 0.934. The second kappa shape index (κ2) is 6.37. The molecule has 1 fully saturated rings. The Labute approximate surface area is 125 Å². The van der Waals surface area contributed by atoms with Gasteiger partial charge in [-0.1, -0.05) is 22.9 Å². The smallest absolute Gasteiger partial charge is 0.257 e. The zero-order chi connectivity index (χ0) is 14.7. The minimum atomic E-state index is 0.555. The number of likely N-dealkylation sites (N-methyl/N-ethyl adjacent to an activating group) is 1. The molecule has 0 saturated carbocycles. The molecule has 21 heavy (non-hydrogen) atoms. The summed E-state index contributed by atoms with van der Waals surface area (Å²) in [6.45, 7) is 4.95. The van der Waals surface area contributed by atoms with E-state index in [0.29, 0.717) is 11.9 Å². The summed E-state index contributed by atoms with van der Waals surface area (Å²) in [5, 5.41) is 7.54. The number of benzene rings is 1. The van der Waals surface area contributed by atoms with E-state index in [-0.39, 0.29) is 0 Å². The van der Waals surface area contributed by atoms with Crippen LogP contribution >= 0.6 is 0 Å². The lowest BCUT2D eigenvalue weighted by Gasteiger charge is -2.30.